The molecule has 0 bridgehead atoms. The third-order valence-corrected chi connectivity index (χ3v) is 3.66. The highest BCUT2D eigenvalue weighted by Gasteiger charge is 2.22. The summed E-state index contributed by atoms with van der Waals surface area (Å²) in [6, 6.07) is 10.2. The minimum atomic E-state index is -0.942. The molecule has 0 fully saturated rings. The van der Waals surface area contributed by atoms with Gasteiger partial charge in [-0.1, -0.05) is 18.2 Å². The molecular formula is C17H17N3O4. The van der Waals surface area contributed by atoms with Crippen LogP contribution in [0.25, 0.3) is 0 Å². The number of amides is 2. The van der Waals surface area contributed by atoms with Crippen molar-refractivity contribution in [2.45, 2.75) is 19.9 Å². The number of nitro benzene ring substituents is 1. The fourth-order valence-corrected chi connectivity index (χ4v) is 2.39. The monoisotopic (exact) mass is 327 g/mol. The van der Waals surface area contributed by atoms with E-state index in [2.05, 4.69) is 10.6 Å². The van der Waals surface area contributed by atoms with Crippen molar-refractivity contribution in [3.05, 3.63) is 69.3 Å². The molecule has 0 heterocycles. The quantitative estimate of drug-likeness (QED) is 0.484. The largest absolute Gasteiger partial charge is 0.343 e. The Bertz CT molecular complexity index is 752. The van der Waals surface area contributed by atoms with Crippen LogP contribution >= 0.6 is 0 Å². The normalized spacial score (nSPS) is 11.4. The lowest BCUT2D eigenvalue weighted by Gasteiger charge is -2.18. The van der Waals surface area contributed by atoms with Crippen molar-refractivity contribution in [2.75, 3.05) is 5.32 Å². The zero-order chi connectivity index (χ0) is 17.7. The number of carbonyl (C=O) groups is 2. The van der Waals surface area contributed by atoms with E-state index in [0.29, 0.717) is 17.7 Å². The number of hydrogen-bond donors (Lipinski definition) is 2. The summed E-state index contributed by atoms with van der Waals surface area (Å²) in [4.78, 5) is 33.6. The number of aryl methyl sites for hydroxylation is 2. The third-order valence-electron chi connectivity index (χ3n) is 3.66. The molecule has 0 saturated carbocycles. The molecule has 0 unspecified atom stereocenters. The van der Waals surface area contributed by atoms with Crippen LogP contribution in [-0.4, -0.2) is 17.2 Å². The maximum Gasteiger partial charge on any atom is 0.269 e. The Morgan fingerprint density at radius 1 is 1.12 bits per heavy atom. The van der Waals surface area contributed by atoms with Gasteiger partial charge in [-0.3, -0.25) is 19.7 Å². The van der Waals surface area contributed by atoms with Gasteiger partial charge in [-0.25, -0.2) is 0 Å². The van der Waals surface area contributed by atoms with E-state index < -0.39 is 16.9 Å². The molecule has 0 aliphatic carbocycles. The number of benzene rings is 2. The third kappa shape index (κ3) is 3.75. The summed E-state index contributed by atoms with van der Waals surface area (Å²) >= 11 is 0. The molecule has 2 N–H and O–H groups in total. The summed E-state index contributed by atoms with van der Waals surface area (Å²) < 4.78 is 0. The van der Waals surface area contributed by atoms with Gasteiger partial charge in [0.15, 0.2) is 0 Å². The zero-order valence-electron chi connectivity index (χ0n) is 13.3. The van der Waals surface area contributed by atoms with E-state index in [0.717, 1.165) is 11.1 Å². The molecule has 2 amide bonds. The Kier molecular flexibility index (Phi) is 5.26. The summed E-state index contributed by atoms with van der Waals surface area (Å²) in [5.41, 5.74) is 2.85. The zero-order valence-corrected chi connectivity index (χ0v) is 13.3. The van der Waals surface area contributed by atoms with Crippen molar-refractivity contribution < 1.29 is 14.5 Å². The van der Waals surface area contributed by atoms with Gasteiger partial charge in [0, 0.05) is 17.8 Å². The molecule has 0 saturated heterocycles. The molecule has 24 heavy (non-hydrogen) atoms. The van der Waals surface area contributed by atoms with Crippen molar-refractivity contribution >= 4 is 23.7 Å². The number of nitrogens with zero attached hydrogens (tertiary/aromatic N) is 1. The van der Waals surface area contributed by atoms with E-state index in [-0.39, 0.29) is 5.69 Å². The summed E-state index contributed by atoms with van der Waals surface area (Å²) in [6.45, 7) is 3.74. The molecule has 0 spiro atoms. The van der Waals surface area contributed by atoms with Gasteiger partial charge in [-0.2, -0.15) is 0 Å². The fourth-order valence-electron chi connectivity index (χ4n) is 2.39. The summed E-state index contributed by atoms with van der Waals surface area (Å²) in [5.74, 6) is -0.423. The molecule has 2 aromatic rings. The molecule has 7 heteroatoms. The molecule has 0 aliphatic heterocycles. The van der Waals surface area contributed by atoms with Crippen LogP contribution in [-0.2, 0) is 9.59 Å². The van der Waals surface area contributed by atoms with E-state index in [9.17, 15) is 19.7 Å². The van der Waals surface area contributed by atoms with Gasteiger partial charge >= 0.3 is 0 Å². The van der Waals surface area contributed by atoms with Crippen molar-refractivity contribution in [3.63, 3.8) is 0 Å². The first-order valence-electron chi connectivity index (χ1n) is 7.25. The lowest BCUT2D eigenvalue weighted by Crippen LogP contribution is -2.32. The molecular weight excluding hydrogens is 310 g/mol. The van der Waals surface area contributed by atoms with Crippen LogP contribution < -0.4 is 10.6 Å². The maximum absolute atomic E-state index is 12.6. The predicted octanol–water partition coefficient (Wildman–Crippen LogP) is 2.64. The highest BCUT2D eigenvalue weighted by Crippen LogP contribution is 2.23. The number of carbonyl (C=O) groups excluding carboxylic acids is 2. The van der Waals surface area contributed by atoms with Gasteiger partial charge in [0.2, 0.25) is 6.41 Å². The van der Waals surface area contributed by atoms with Gasteiger partial charge < -0.3 is 10.6 Å². The summed E-state index contributed by atoms with van der Waals surface area (Å²) in [5, 5.41) is 16.0. The fraction of sp³-hybridized carbons (Fsp3) is 0.176. The van der Waals surface area contributed by atoms with E-state index in [1.54, 1.807) is 0 Å². The van der Waals surface area contributed by atoms with Crippen LogP contribution in [0.5, 0.6) is 0 Å². The maximum atomic E-state index is 12.6. The summed E-state index contributed by atoms with van der Waals surface area (Å²) in [7, 11) is 0. The number of nitrogens with one attached hydrogen (secondary N) is 2. The molecule has 124 valence electrons. The standard InChI is InChI=1S/C17H17N3O4/c1-11-4-3-5-12(2)15(11)19-17(22)16(18-10-21)13-6-8-14(9-7-13)20(23)24/h3-10,16H,1-2H3,(H,18,21)(H,19,22)/t16-/m1/s1. The number of rotatable bonds is 6. The molecule has 1 atom stereocenters. The van der Waals surface area contributed by atoms with Gasteiger partial charge in [0.05, 0.1) is 4.92 Å². The lowest BCUT2D eigenvalue weighted by atomic mass is 10.0. The average molecular weight is 327 g/mol. The molecule has 7 nitrogen and oxygen atoms in total. The molecule has 2 aromatic carbocycles. The van der Waals surface area contributed by atoms with Crippen molar-refractivity contribution in [1.82, 2.24) is 5.32 Å². The first-order chi connectivity index (χ1) is 11.4. The van der Waals surface area contributed by atoms with Crippen LogP contribution in [0, 0.1) is 24.0 Å². The van der Waals surface area contributed by atoms with Crippen LogP contribution in [0.1, 0.15) is 22.7 Å². The first-order valence-corrected chi connectivity index (χ1v) is 7.25. The number of nitro groups is 1. The van der Waals surface area contributed by atoms with Crippen LogP contribution in [0.4, 0.5) is 11.4 Å². The lowest BCUT2D eigenvalue weighted by molar-refractivity contribution is -0.384. The van der Waals surface area contributed by atoms with Gasteiger partial charge in [0.25, 0.3) is 11.6 Å². The second kappa shape index (κ2) is 7.36. The van der Waals surface area contributed by atoms with E-state index in [1.807, 2.05) is 32.0 Å². The van der Waals surface area contributed by atoms with Gasteiger partial charge in [0.1, 0.15) is 6.04 Å². The van der Waals surface area contributed by atoms with Gasteiger partial charge in [-0.05, 0) is 42.7 Å². The Labute approximate surface area is 138 Å². The number of hydrogen-bond acceptors (Lipinski definition) is 4. The Morgan fingerprint density at radius 3 is 2.21 bits per heavy atom. The topological polar surface area (TPSA) is 101 Å². The van der Waals surface area contributed by atoms with Crippen LogP contribution in [0.15, 0.2) is 42.5 Å². The minimum Gasteiger partial charge on any atom is -0.343 e. The minimum absolute atomic E-state index is 0.0845. The number of non-ortho nitro benzene ring substituents is 1. The van der Waals surface area contributed by atoms with Crippen molar-refractivity contribution in [2.24, 2.45) is 0 Å². The van der Waals surface area contributed by atoms with E-state index in [1.165, 1.54) is 24.3 Å². The van der Waals surface area contributed by atoms with E-state index in [4.69, 9.17) is 0 Å². The Morgan fingerprint density at radius 2 is 1.71 bits per heavy atom. The first kappa shape index (κ1) is 17.1. The SMILES string of the molecule is Cc1cccc(C)c1NC(=O)[C@H](NC=O)c1ccc([N+](=O)[O-])cc1. The van der Waals surface area contributed by atoms with E-state index >= 15 is 0 Å². The highest BCUT2D eigenvalue weighted by molar-refractivity contribution is 5.97. The van der Waals surface area contributed by atoms with Crippen molar-refractivity contribution in [1.29, 1.82) is 0 Å². The molecule has 0 aliphatic rings. The van der Waals surface area contributed by atoms with Gasteiger partial charge in [-0.15, -0.1) is 0 Å². The Balaban J connectivity index is 2.28. The Hall–Kier alpha value is -3.22. The molecule has 2 rings (SSSR count). The van der Waals surface area contributed by atoms with Crippen LogP contribution in [0.3, 0.4) is 0 Å². The predicted molar refractivity (Wildman–Crippen MR) is 89.6 cm³/mol. The average Bonchev–Trinajstić information content (AvgIpc) is 2.56. The number of anilines is 1. The molecule has 0 radical (unpaired) electrons. The second-order valence-corrected chi connectivity index (χ2v) is 5.32. The second-order valence-electron chi connectivity index (χ2n) is 5.32. The van der Waals surface area contributed by atoms with Crippen molar-refractivity contribution in [3.8, 4) is 0 Å². The number of para-hydroxylation sites is 1. The molecule has 0 aromatic heterocycles. The highest BCUT2D eigenvalue weighted by atomic mass is 16.6. The summed E-state index contributed by atoms with van der Waals surface area (Å²) in [6.07, 6.45) is 0.427. The smallest absolute Gasteiger partial charge is 0.269 e. The van der Waals surface area contributed by atoms with Crippen LogP contribution in [0.2, 0.25) is 0 Å².